The van der Waals surface area contributed by atoms with E-state index < -0.39 is 24.5 Å². The smallest absolute Gasteiger partial charge is 0.450 e. The van der Waals surface area contributed by atoms with Crippen LogP contribution in [0.5, 0.6) is 0 Å². The maximum atomic E-state index is 11.2. The monoisotopic (exact) mass is 288 g/mol. The van der Waals surface area contributed by atoms with Crippen LogP contribution in [0.4, 0.5) is 9.59 Å². The number of hydrogen-bond donors (Lipinski definition) is 1. The molecule has 0 bridgehead atoms. The Morgan fingerprint density at radius 2 is 1.65 bits per heavy atom. The van der Waals surface area contributed by atoms with Crippen molar-refractivity contribution in [3.8, 4) is 0 Å². The van der Waals surface area contributed by atoms with Crippen molar-refractivity contribution in [2.75, 3.05) is 13.9 Å². The Balaban J connectivity index is 2.08. The average Bonchev–Trinajstić information content (AvgIpc) is 2.79. The van der Waals surface area contributed by atoms with E-state index in [2.05, 4.69) is 4.74 Å². The quantitative estimate of drug-likeness (QED) is 0.599. The molecule has 2 rings (SSSR count). The first-order chi connectivity index (χ1) is 9.58. The second kappa shape index (κ2) is 6.58. The summed E-state index contributed by atoms with van der Waals surface area (Å²) in [5.41, 5.74) is 0. The van der Waals surface area contributed by atoms with Gasteiger partial charge in [0.1, 0.15) is 19.0 Å². The first-order valence-corrected chi connectivity index (χ1v) is 6.14. The van der Waals surface area contributed by atoms with Gasteiger partial charge in [-0.1, -0.05) is 0 Å². The van der Waals surface area contributed by atoms with Crippen molar-refractivity contribution in [2.24, 2.45) is 0 Å². The molecule has 0 saturated carbocycles. The number of ether oxygens (including phenoxy) is 5. The Hall–Kier alpha value is -1.80. The highest BCUT2D eigenvalue weighted by atomic mass is 16.7. The van der Waals surface area contributed by atoms with Crippen LogP contribution in [0.1, 0.15) is 12.8 Å². The fraction of sp³-hybridized carbons (Fsp3) is 0.667. The summed E-state index contributed by atoms with van der Waals surface area (Å²) in [6.07, 6.45) is -0.145. The van der Waals surface area contributed by atoms with Gasteiger partial charge in [0.15, 0.2) is 0 Å². The first kappa shape index (κ1) is 14.6. The molecule has 20 heavy (non-hydrogen) atoms. The number of rotatable bonds is 2. The zero-order valence-corrected chi connectivity index (χ0v) is 10.9. The third-order valence-electron chi connectivity index (χ3n) is 3.12. The Bertz CT molecular complexity index is 393. The molecule has 1 N–H and O–H groups in total. The molecule has 112 valence electrons. The average molecular weight is 288 g/mol. The molecule has 1 fully saturated rings. The molecule has 4 atom stereocenters. The van der Waals surface area contributed by atoms with Gasteiger partial charge in [-0.15, -0.1) is 0 Å². The van der Waals surface area contributed by atoms with Gasteiger partial charge < -0.3 is 28.8 Å². The van der Waals surface area contributed by atoms with Crippen LogP contribution in [0.15, 0.2) is 12.2 Å². The summed E-state index contributed by atoms with van der Waals surface area (Å²) < 4.78 is 25.0. The summed E-state index contributed by atoms with van der Waals surface area (Å²) in [7, 11) is 1.21. The zero-order valence-electron chi connectivity index (χ0n) is 10.9. The van der Waals surface area contributed by atoms with Gasteiger partial charge in [0, 0.05) is 12.8 Å². The Morgan fingerprint density at radius 1 is 1.10 bits per heavy atom. The standard InChI is InChI=1S/C12H16O8/c1-16-12(15)20-8-3-2-7(19-11(13)14)4-9-10(5-8)18-6-17-9/h2-3,7-10H,4-6H2,1H3,(H,13,14)/b3-2+. The number of carbonyl (C=O) groups is 2. The predicted octanol–water partition coefficient (Wildman–Crippen LogP) is 1.29. The zero-order chi connectivity index (χ0) is 14.5. The summed E-state index contributed by atoms with van der Waals surface area (Å²) in [4.78, 5) is 21.8. The van der Waals surface area contributed by atoms with E-state index in [-0.39, 0.29) is 19.0 Å². The lowest BCUT2D eigenvalue weighted by molar-refractivity contribution is 0.0111. The van der Waals surface area contributed by atoms with Crippen molar-refractivity contribution < 1.29 is 38.4 Å². The lowest BCUT2D eigenvalue weighted by atomic mass is 9.97. The third-order valence-corrected chi connectivity index (χ3v) is 3.12. The number of carbonyl (C=O) groups excluding carboxylic acids is 1. The molecule has 1 saturated heterocycles. The molecule has 0 radical (unpaired) electrons. The van der Waals surface area contributed by atoms with Crippen molar-refractivity contribution in [3.05, 3.63) is 12.2 Å². The first-order valence-electron chi connectivity index (χ1n) is 6.14. The van der Waals surface area contributed by atoms with Gasteiger partial charge in [0.05, 0.1) is 19.3 Å². The highest BCUT2D eigenvalue weighted by Gasteiger charge is 2.36. The minimum absolute atomic E-state index is 0.125. The van der Waals surface area contributed by atoms with Crippen LogP contribution in [-0.2, 0) is 23.7 Å². The third kappa shape index (κ3) is 3.84. The van der Waals surface area contributed by atoms with Gasteiger partial charge in [-0.05, 0) is 12.2 Å². The van der Waals surface area contributed by atoms with E-state index in [0.717, 1.165) is 0 Å². The molecule has 0 aromatic carbocycles. The summed E-state index contributed by atoms with van der Waals surface area (Å²) >= 11 is 0. The van der Waals surface area contributed by atoms with Crippen LogP contribution in [0.3, 0.4) is 0 Å². The maximum absolute atomic E-state index is 11.2. The maximum Gasteiger partial charge on any atom is 0.508 e. The van der Waals surface area contributed by atoms with Gasteiger partial charge in [0.2, 0.25) is 0 Å². The molecule has 8 nitrogen and oxygen atoms in total. The molecule has 0 aromatic rings. The highest BCUT2D eigenvalue weighted by Crippen LogP contribution is 2.26. The number of hydrogen-bond acceptors (Lipinski definition) is 7. The van der Waals surface area contributed by atoms with Crippen molar-refractivity contribution in [3.63, 3.8) is 0 Å². The summed E-state index contributed by atoms with van der Waals surface area (Å²) in [5, 5.41) is 8.68. The molecule has 2 aliphatic rings. The Labute approximate surface area is 115 Å². The SMILES string of the molecule is COC(=O)OC1/C=C/C(OC(=O)O)CC2OCOC2C1. The van der Waals surface area contributed by atoms with Gasteiger partial charge in [-0.2, -0.15) is 0 Å². The van der Waals surface area contributed by atoms with E-state index in [4.69, 9.17) is 24.1 Å². The molecule has 0 aromatic heterocycles. The fourth-order valence-corrected chi connectivity index (χ4v) is 2.21. The van der Waals surface area contributed by atoms with E-state index >= 15 is 0 Å². The number of methoxy groups -OCH3 is 1. The Morgan fingerprint density at radius 3 is 2.15 bits per heavy atom. The molecule has 1 aliphatic heterocycles. The van der Waals surface area contributed by atoms with E-state index in [1.165, 1.54) is 7.11 Å². The largest absolute Gasteiger partial charge is 0.508 e. The topological polar surface area (TPSA) is 101 Å². The summed E-state index contributed by atoms with van der Waals surface area (Å²) in [6.45, 7) is 0.125. The highest BCUT2D eigenvalue weighted by molar-refractivity contribution is 5.60. The molecular formula is C12H16O8. The van der Waals surface area contributed by atoms with Crippen LogP contribution < -0.4 is 0 Å². The lowest BCUT2D eigenvalue weighted by Crippen LogP contribution is -2.34. The second-order valence-electron chi connectivity index (χ2n) is 4.42. The lowest BCUT2D eigenvalue weighted by Gasteiger charge is -2.25. The molecule has 0 amide bonds. The summed E-state index contributed by atoms with van der Waals surface area (Å²) in [6, 6.07) is 0. The summed E-state index contributed by atoms with van der Waals surface area (Å²) in [5.74, 6) is 0. The van der Waals surface area contributed by atoms with Gasteiger partial charge in [-0.25, -0.2) is 9.59 Å². The van der Waals surface area contributed by atoms with Crippen LogP contribution in [-0.4, -0.2) is 55.7 Å². The second-order valence-corrected chi connectivity index (χ2v) is 4.42. The van der Waals surface area contributed by atoms with Gasteiger partial charge in [0.25, 0.3) is 0 Å². The molecule has 1 heterocycles. The molecule has 4 unspecified atom stereocenters. The minimum atomic E-state index is -1.37. The van der Waals surface area contributed by atoms with Crippen LogP contribution in [0, 0.1) is 0 Å². The van der Waals surface area contributed by atoms with Gasteiger partial charge >= 0.3 is 12.3 Å². The van der Waals surface area contributed by atoms with Crippen molar-refractivity contribution >= 4 is 12.3 Å². The predicted molar refractivity (Wildman–Crippen MR) is 63.2 cm³/mol. The van der Waals surface area contributed by atoms with E-state index in [0.29, 0.717) is 12.8 Å². The number of carboxylic acid groups (broad SMARTS) is 1. The van der Waals surface area contributed by atoms with Crippen molar-refractivity contribution in [2.45, 2.75) is 37.3 Å². The Kier molecular flexibility index (Phi) is 4.80. The fourth-order valence-electron chi connectivity index (χ4n) is 2.21. The minimum Gasteiger partial charge on any atom is -0.450 e. The normalized spacial score (nSPS) is 34.2. The van der Waals surface area contributed by atoms with Crippen molar-refractivity contribution in [1.29, 1.82) is 0 Å². The molecule has 1 aliphatic carbocycles. The molecule has 0 spiro atoms. The van der Waals surface area contributed by atoms with Crippen LogP contribution >= 0.6 is 0 Å². The van der Waals surface area contributed by atoms with E-state index in [9.17, 15) is 9.59 Å². The van der Waals surface area contributed by atoms with E-state index in [1.807, 2.05) is 0 Å². The van der Waals surface area contributed by atoms with Crippen molar-refractivity contribution in [1.82, 2.24) is 0 Å². The van der Waals surface area contributed by atoms with Crippen LogP contribution in [0.25, 0.3) is 0 Å². The van der Waals surface area contributed by atoms with E-state index in [1.54, 1.807) is 12.2 Å². The van der Waals surface area contributed by atoms with Crippen LogP contribution in [0.2, 0.25) is 0 Å². The molecular weight excluding hydrogens is 272 g/mol. The number of fused-ring (bicyclic) bond motifs is 1. The molecule has 8 heteroatoms. The van der Waals surface area contributed by atoms with Gasteiger partial charge in [-0.3, -0.25) is 0 Å².